The summed E-state index contributed by atoms with van der Waals surface area (Å²) in [6.45, 7) is 0.445. The fraction of sp³-hybridized carbons (Fsp3) is 0.385. The smallest absolute Gasteiger partial charge is 0.323 e. The largest absolute Gasteiger partial charge is 0.508 e. The number of carboxylic acids is 1. The van der Waals surface area contributed by atoms with Crippen LogP contribution >= 0.6 is 0 Å². The summed E-state index contributed by atoms with van der Waals surface area (Å²) in [5.74, 6) is -1.07. The van der Waals surface area contributed by atoms with Crippen molar-refractivity contribution >= 4 is 17.7 Å². The molecule has 0 spiro atoms. The van der Waals surface area contributed by atoms with Gasteiger partial charge in [-0.25, -0.2) is 4.79 Å². The molecule has 1 aromatic carbocycles. The number of amides is 2. The number of benzene rings is 1. The van der Waals surface area contributed by atoms with E-state index in [-0.39, 0.29) is 5.75 Å². The van der Waals surface area contributed by atoms with Crippen molar-refractivity contribution in [1.29, 1.82) is 0 Å². The molecular weight excluding hydrogens is 264 g/mol. The molecule has 0 aromatic heterocycles. The Balaban J connectivity index is 2.70. The highest BCUT2D eigenvalue weighted by Crippen LogP contribution is 2.18. The molecule has 0 bridgehead atoms. The summed E-state index contributed by atoms with van der Waals surface area (Å²) in [7, 11) is 1.56. The van der Waals surface area contributed by atoms with Crippen LogP contribution in [-0.4, -0.2) is 49.0 Å². The van der Waals surface area contributed by atoms with Gasteiger partial charge in [-0.1, -0.05) is 0 Å². The summed E-state index contributed by atoms with van der Waals surface area (Å²) in [5.41, 5.74) is 0.398. The van der Waals surface area contributed by atoms with Crippen molar-refractivity contribution in [1.82, 2.24) is 5.32 Å². The molecule has 0 saturated carbocycles. The Labute approximate surface area is 116 Å². The van der Waals surface area contributed by atoms with Crippen LogP contribution in [0.3, 0.4) is 0 Å². The molecule has 2 amide bonds. The number of rotatable bonds is 7. The number of aliphatic carboxylic acids is 1. The average molecular weight is 282 g/mol. The number of nitrogens with one attached hydrogen (secondary N) is 1. The lowest BCUT2D eigenvalue weighted by Crippen LogP contribution is -2.43. The zero-order valence-electron chi connectivity index (χ0n) is 11.2. The van der Waals surface area contributed by atoms with Crippen LogP contribution in [0, 0.1) is 0 Å². The van der Waals surface area contributed by atoms with Gasteiger partial charge in [0.25, 0.3) is 0 Å². The predicted molar refractivity (Wildman–Crippen MR) is 73.0 cm³/mol. The van der Waals surface area contributed by atoms with Crippen molar-refractivity contribution in [3.05, 3.63) is 24.3 Å². The Morgan fingerprint density at radius 2 is 1.95 bits per heavy atom. The van der Waals surface area contributed by atoms with E-state index in [0.29, 0.717) is 25.3 Å². The number of urea groups is 1. The maximum absolute atomic E-state index is 12.0. The van der Waals surface area contributed by atoms with Gasteiger partial charge in [0.1, 0.15) is 12.3 Å². The number of methoxy groups -OCH3 is 1. The Morgan fingerprint density at radius 1 is 1.30 bits per heavy atom. The third-order valence-electron chi connectivity index (χ3n) is 2.50. The number of aromatic hydroxyl groups is 1. The Kier molecular flexibility index (Phi) is 6.31. The second kappa shape index (κ2) is 8.00. The van der Waals surface area contributed by atoms with Crippen LogP contribution in [0.2, 0.25) is 0 Å². The van der Waals surface area contributed by atoms with Crippen molar-refractivity contribution in [2.45, 2.75) is 6.42 Å². The highest BCUT2D eigenvalue weighted by molar-refractivity contribution is 5.96. The van der Waals surface area contributed by atoms with E-state index in [1.54, 1.807) is 7.11 Å². The Hall–Kier alpha value is -2.28. The first kappa shape index (κ1) is 15.8. The van der Waals surface area contributed by atoms with Gasteiger partial charge in [0.2, 0.25) is 0 Å². The van der Waals surface area contributed by atoms with Gasteiger partial charge in [-0.3, -0.25) is 9.69 Å². The van der Waals surface area contributed by atoms with Gasteiger partial charge in [-0.05, 0) is 30.7 Å². The van der Waals surface area contributed by atoms with E-state index in [9.17, 15) is 14.7 Å². The molecule has 0 atom stereocenters. The number of carboxylic acid groups (broad SMARTS) is 1. The number of hydrogen-bond acceptors (Lipinski definition) is 4. The maximum atomic E-state index is 12.0. The van der Waals surface area contributed by atoms with E-state index in [1.807, 2.05) is 0 Å². The van der Waals surface area contributed by atoms with Gasteiger partial charge in [-0.15, -0.1) is 0 Å². The van der Waals surface area contributed by atoms with Gasteiger partial charge in [0, 0.05) is 25.9 Å². The minimum Gasteiger partial charge on any atom is -0.508 e. The molecule has 3 N–H and O–H groups in total. The summed E-state index contributed by atoms with van der Waals surface area (Å²) >= 11 is 0. The van der Waals surface area contributed by atoms with E-state index in [4.69, 9.17) is 9.84 Å². The molecule has 0 fully saturated rings. The molecule has 7 nitrogen and oxygen atoms in total. The standard InChI is InChI=1S/C13H18N2O5/c1-20-8-2-7-14-13(19)15(9-12(17)18)10-3-5-11(16)6-4-10/h3-6,16H,2,7-9H2,1H3,(H,14,19)(H,17,18). The van der Waals surface area contributed by atoms with E-state index in [2.05, 4.69) is 5.32 Å². The molecule has 20 heavy (non-hydrogen) atoms. The Bertz CT molecular complexity index is 447. The second-order valence-electron chi connectivity index (χ2n) is 4.07. The number of carbonyl (C=O) groups is 2. The summed E-state index contributed by atoms with van der Waals surface area (Å²) in [5, 5.41) is 20.7. The minimum atomic E-state index is -1.12. The molecule has 0 unspecified atom stereocenters. The molecule has 0 heterocycles. The molecule has 0 radical (unpaired) electrons. The van der Waals surface area contributed by atoms with Crippen LogP contribution in [0.4, 0.5) is 10.5 Å². The summed E-state index contributed by atoms with van der Waals surface area (Å²) in [4.78, 5) is 23.9. The fourth-order valence-corrected chi connectivity index (χ4v) is 1.56. The van der Waals surface area contributed by atoms with Gasteiger partial charge in [0.05, 0.1) is 0 Å². The van der Waals surface area contributed by atoms with E-state index in [0.717, 1.165) is 4.90 Å². The number of hydrogen-bond donors (Lipinski definition) is 3. The molecule has 0 aliphatic rings. The topological polar surface area (TPSA) is 99.1 Å². The van der Waals surface area contributed by atoms with E-state index >= 15 is 0 Å². The molecular formula is C13H18N2O5. The van der Waals surface area contributed by atoms with Crippen LogP contribution in [0.1, 0.15) is 6.42 Å². The molecule has 0 saturated heterocycles. The highest BCUT2D eigenvalue weighted by Gasteiger charge is 2.18. The monoisotopic (exact) mass is 282 g/mol. The van der Waals surface area contributed by atoms with Gasteiger partial charge in [0.15, 0.2) is 0 Å². The van der Waals surface area contributed by atoms with Crippen LogP contribution in [0.5, 0.6) is 5.75 Å². The number of nitrogens with zero attached hydrogens (tertiary/aromatic N) is 1. The van der Waals surface area contributed by atoms with Gasteiger partial charge < -0.3 is 20.3 Å². The number of ether oxygens (including phenoxy) is 1. The van der Waals surface area contributed by atoms with E-state index in [1.165, 1.54) is 24.3 Å². The van der Waals surface area contributed by atoms with Crippen LogP contribution in [-0.2, 0) is 9.53 Å². The van der Waals surface area contributed by atoms with Crippen LogP contribution in [0.25, 0.3) is 0 Å². The number of carbonyl (C=O) groups excluding carboxylic acids is 1. The van der Waals surface area contributed by atoms with Crippen LogP contribution < -0.4 is 10.2 Å². The lowest BCUT2D eigenvalue weighted by Gasteiger charge is -2.21. The quantitative estimate of drug-likeness (QED) is 0.649. The SMILES string of the molecule is COCCCNC(=O)N(CC(=O)O)c1ccc(O)cc1. The molecule has 110 valence electrons. The summed E-state index contributed by atoms with van der Waals surface area (Å²) in [6, 6.07) is 5.24. The lowest BCUT2D eigenvalue weighted by molar-refractivity contribution is -0.135. The summed E-state index contributed by atoms with van der Waals surface area (Å²) < 4.78 is 4.86. The minimum absolute atomic E-state index is 0.0459. The number of anilines is 1. The number of phenolic OH excluding ortho intramolecular Hbond substituents is 1. The molecule has 7 heteroatoms. The first-order chi connectivity index (χ1) is 9.54. The Morgan fingerprint density at radius 3 is 2.50 bits per heavy atom. The average Bonchev–Trinajstić information content (AvgIpc) is 2.42. The van der Waals surface area contributed by atoms with Crippen molar-refractivity contribution in [2.24, 2.45) is 0 Å². The van der Waals surface area contributed by atoms with Crippen molar-refractivity contribution < 1.29 is 24.5 Å². The molecule has 1 rings (SSSR count). The zero-order valence-corrected chi connectivity index (χ0v) is 11.2. The van der Waals surface area contributed by atoms with Crippen molar-refractivity contribution in [2.75, 3.05) is 31.7 Å². The predicted octanol–water partition coefficient (Wildman–Crippen LogP) is 1.03. The fourth-order valence-electron chi connectivity index (χ4n) is 1.56. The van der Waals surface area contributed by atoms with Crippen LogP contribution in [0.15, 0.2) is 24.3 Å². The van der Waals surface area contributed by atoms with Gasteiger partial charge >= 0.3 is 12.0 Å². The van der Waals surface area contributed by atoms with Gasteiger partial charge in [-0.2, -0.15) is 0 Å². The normalized spacial score (nSPS) is 10.1. The lowest BCUT2D eigenvalue weighted by atomic mass is 10.2. The zero-order chi connectivity index (χ0) is 15.0. The molecule has 1 aromatic rings. The molecule has 0 aliphatic heterocycles. The third-order valence-corrected chi connectivity index (χ3v) is 2.50. The first-order valence-corrected chi connectivity index (χ1v) is 6.09. The summed E-state index contributed by atoms with van der Waals surface area (Å²) in [6.07, 6.45) is 0.638. The van der Waals surface area contributed by atoms with E-state index < -0.39 is 18.5 Å². The maximum Gasteiger partial charge on any atom is 0.323 e. The number of phenols is 1. The van der Waals surface area contributed by atoms with Crippen molar-refractivity contribution in [3.8, 4) is 5.75 Å². The van der Waals surface area contributed by atoms with Crippen molar-refractivity contribution in [3.63, 3.8) is 0 Å². The third kappa shape index (κ3) is 5.15. The second-order valence-corrected chi connectivity index (χ2v) is 4.07. The molecule has 0 aliphatic carbocycles. The highest BCUT2D eigenvalue weighted by atomic mass is 16.5. The first-order valence-electron chi connectivity index (χ1n) is 6.09.